The molecule has 0 saturated heterocycles. The second-order valence-corrected chi connectivity index (χ2v) is 10.4. The minimum absolute atomic E-state index is 0.210. The van der Waals surface area contributed by atoms with E-state index in [1.54, 1.807) is 11.3 Å². The van der Waals surface area contributed by atoms with Crippen LogP contribution in [0.1, 0.15) is 54.2 Å². The number of hydrogen-bond donors (Lipinski definition) is 0. The Kier molecular flexibility index (Phi) is 4.83. The number of aromatic nitrogens is 4. The SMILES string of the molecule is CCC(=O)N1CCn2c(C3CC3)nc(-c3c(C)ccc4cc(-c5cnc(C)s5)ncc34)c2C1. The summed E-state index contributed by atoms with van der Waals surface area (Å²) in [6.45, 7) is 8.33. The Hall–Kier alpha value is -3.06. The molecule has 4 aromatic rings. The number of aryl methyl sites for hydroxylation is 2. The number of thiazole rings is 1. The number of pyridine rings is 1. The van der Waals surface area contributed by atoms with Crippen LogP contribution in [-0.4, -0.2) is 36.9 Å². The monoisotopic (exact) mass is 457 g/mol. The molecule has 2 aliphatic rings. The number of carbonyl (C=O) groups is 1. The lowest BCUT2D eigenvalue weighted by Crippen LogP contribution is -2.38. The van der Waals surface area contributed by atoms with E-state index in [0.29, 0.717) is 18.9 Å². The van der Waals surface area contributed by atoms with Crippen molar-refractivity contribution in [2.45, 2.75) is 59.0 Å². The van der Waals surface area contributed by atoms with E-state index >= 15 is 0 Å². The van der Waals surface area contributed by atoms with E-state index < -0.39 is 0 Å². The Bertz CT molecular complexity index is 1400. The van der Waals surface area contributed by atoms with Crippen molar-refractivity contribution in [3.05, 3.63) is 52.7 Å². The molecule has 1 aliphatic carbocycles. The van der Waals surface area contributed by atoms with Gasteiger partial charge in [-0.05, 0) is 43.7 Å². The summed E-state index contributed by atoms with van der Waals surface area (Å²) >= 11 is 1.66. The largest absolute Gasteiger partial charge is 0.335 e. The first-order chi connectivity index (χ1) is 16.0. The van der Waals surface area contributed by atoms with Crippen LogP contribution < -0.4 is 0 Å². The zero-order valence-corrected chi connectivity index (χ0v) is 20.1. The number of nitrogens with zero attached hydrogens (tertiary/aromatic N) is 5. The van der Waals surface area contributed by atoms with Crippen LogP contribution in [0.15, 0.2) is 30.6 Å². The normalized spacial score (nSPS) is 15.8. The molecule has 3 aromatic heterocycles. The number of benzene rings is 1. The molecule has 0 bridgehead atoms. The van der Waals surface area contributed by atoms with Gasteiger partial charge in [0.15, 0.2) is 0 Å². The van der Waals surface area contributed by atoms with Crippen molar-refractivity contribution in [3.8, 4) is 21.8 Å². The number of imidazole rings is 1. The molecule has 0 radical (unpaired) electrons. The van der Waals surface area contributed by atoms with Crippen molar-refractivity contribution in [1.29, 1.82) is 0 Å². The fourth-order valence-electron chi connectivity index (χ4n) is 4.94. The van der Waals surface area contributed by atoms with Gasteiger partial charge in [0.1, 0.15) is 5.82 Å². The summed E-state index contributed by atoms with van der Waals surface area (Å²) < 4.78 is 2.40. The Labute approximate surface area is 197 Å². The molecule has 0 unspecified atom stereocenters. The van der Waals surface area contributed by atoms with Crippen LogP contribution in [0.5, 0.6) is 0 Å². The highest BCUT2D eigenvalue weighted by Crippen LogP contribution is 2.44. The van der Waals surface area contributed by atoms with Gasteiger partial charge in [-0.2, -0.15) is 0 Å². The fourth-order valence-corrected chi connectivity index (χ4v) is 5.69. The molecule has 4 heterocycles. The van der Waals surface area contributed by atoms with Crippen LogP contribution in [-0.2, 0) is 17.9 Å². The van der Waals surface area contributed by atoms with E-state index in [0.717, 1.165) is 50.7 Å². The van der Waals surface area contributed by atoms with Crippen LogP contribution >= 0.6 is 11.3 Å². The number of rotatable bonds is 4. The predicted molar refractivity (Wildman–Crippen MR) is 131 cm³/mol. The first-order valence-corrected chi connectivity index (χ1v) is 12.5. The molecule has 1 saturated carbocycles. The summed E-state index contributed by atoms with van der Waals surface area (Å²) in [6.07, 6.45) is 6.84. The summed E-state index contributed by atoms with van der Waals surface area (Å²) in [5.74, 6) is 1.97. The molecular formula is C26H27N5OS. The Morgan fingerprint density at radius 2 is 2.00 bits per heavy atom. The predicted octanol–water partition coefficient (Wildman–Crippen LogP) is 5.47. The zero-order chi connectivity index (χ0) is 22.7. The first-order valence-electron chi connectivity index (χ1n) is 11.7. The van der Waals surface area contributed by atoms with Gasteiger partial charge < -0.3 is 9.47 Å². The quantitative estimate of drug-likeness (QED) is 0.408. The molecule has 1 fully saturated rings. The van der Waals surface area contributed by atoms with Gasteiger partial charge in [-0.3, -0.25) is 9.78 Å². The van der Waals surface area contributed by atoms with Crippen LogP contribution in [0.25, 0.3) is 32.6 Å². The molecule has 33 heavy (non-hydrogen) atoms. The maximum Gasteiger partial charge on any atom is 0.222 e. The average molecular weight is 458 g/mol. The van der Waals surface area contributed by atoms with Gasteiger partial charge >= 0.3 is 0 Å². The van der Waals surface area contributed by atoms with Crippen molar-refractivity contribution >= 4 is 28.0 Å². The Morgan fingerprint density at radius 1 is 1.15 bits per heavy atom. The van der Waals surface area contributed by atoms with E-state index in [-0.39, 0.29) is 5.91 Å². The van der Waals surface area contributed by atoms with Crippen molar-refractivity contribution < 1.29 is 4.79 Å². The van der Waals surface area contributed by atoms with E-state index in [4.69, 9.17) is 9.97 Å². The third kappa shape index (κ3) is 3.46. The highest BCUT2D eigenvalue weighted by Gasteiger charge is 2.34. The van der Waals surface area contributed by atoms with Crippen molar-refractivity contribution in [2.24, 2.45) is 0 Å². The van der Waals surface area contributed by atoms with E-state index in [1.807, 2.05) is 31.1 Å². The van der Waals surface area contributed by atoms with Crippen molar-refractivity contribution in [1.82, 2.24) is 24.4 Å². The molecule has 0 N–H and O–H groups in total. The highest BCUT2D eigenvalue weighted by atomic mass is 32.1. The van der Waals surface area contributed by atoms with E-state index in [9.17, 15) is 4.79 Å². The number of fused-ring (bicyclic) bond motifs is 2. The van der Waals surface area contributed by atoms with Gasteiger partial charge in [-0.15, -0.1) is 11.3 Å². The third-order valence-corrected chi connectivity index (χ3v) is 7.79. The molecular weight excluding hydrogens is 430 g/mol. The third-order valence-electron chi connectivity index (χ3n) is 6.86. The lowest BCUT2D eigenvalue weighted by molar-refractivity contribution is -0.132. The minimum Gasteiger partial charge on any atom is -0.335 e. The molecule has 0 spiro atoms. The van der Waals surface area contributed by atoms with Crippen LogP contribution in [0.4, 0.5) is 0 Å². The summed E-state index contributed by atoms with van der Waals surface area (Å²) in [7, 11) is 0. The van der Waals surface area contributed by atoms with Gasteiger partial charge in [0.05, 0.1) is 33.5 Å². The molecule has 6 nitrogen and oxygen atoms in total. The minimum atomic E-state index is 0.210. The van der Waals surface area contributed by atoms with E-state index in [2.05, 4.69) is 34.7 Å². The van der Waals surface area contributed by atoms with Gasteiger partial charge in [0.25, 0.3) is 0 Å². The fraction of sp³-hybridized carbons (Fsp3) is 0.385. The molecule has 1 aliphatic heterocycles. The van der Waals surface area contributed by atoms with Crippen molar-refractivity contribution in [3.63, 3.8) is 0 Å². The van der Waals surface area contributed by atoms with Gasteiger partial charge in [-0.1, -0.05) is 19.1 Å². The van der Waals surface area contributed by atoms with Crippen LogP contribution in [0.2, 0.25) is 0 Å². The molecule has 6 rings (SSSR count). The van der Waals surface area contributed by atoms with Gasteiger partial charge in [0, 0.05) is 48.8 Å². The summed E-state index contributed by atoms with van der Waals surface area (Å²) in [5.41, 5.74) is 5.48. The average Bonchev–Trinajstić information content (AvgIpc) is 3.48. The van der Waals surface area contributed by atoms with Crippen LogP contribution in [0.3, 0.4) is 0 Å². The number of carbonyl (C=O) groups excluding carboxylic acids is 1. The Morgan fingerprint density at radius 3 is 2.73 bits per heavy atom. The number of hydrogen-bond acceptors (Lipinski definition) is 5. The molecule has 7 heteroatoms. The lowest BCUT2D eigenvalue weighted by Gasteiger charge is -2.29. The summed E-state index contributed by atoms with van der Waals surface area (Å²) in [4.78, 5) is 30.0. The first kappa shape index (κ1) is 20.5. The topological polar surface area (TPSA) is 63.9 Å². The highest BCUT2D eigenvalue weighted by molar-refractivity contribution is 7.15. The molecule has 1 aromatic carbocycles. The molecule has 0 atom stereocenters. The van der Waals surface area contributed by atoms with Crippen LogP contribution in [0, 0.1) is 13.8 Å². The number of amides is 1. The lowest BCUT2D eigenvalue weighted by atomic mass is 9.96. The zero-order valence-electron chi connectivity index (χ0n) is 19.3. The molecule has 168 valence electrons. The molecule has 1 amide bonds. The second-order valence-electron chi connectivity index (χ2n) is 9.15. The summed E-state index contributed by atoms with van der Waals surface area (Å²) in [5, 5.41) is 3.31. The Balaban J connectivity index is 1.52. The van der Waals surface area contributed by atoms with Gasteiger partial charge in [-0.25, -0.2) is 9.97 Å². The maximum absolute atomic E-state index is 12.5. The van der Waals surface area contributed by atoms with Crippen molar-refractivity contribution in [2.75, 3.05) is 6.54 Å². The van der Waals surface area contributed by atoms with E-state index in [1.165, 1.54) is 29.9 Å². The maximum atomic E-state index is 12.5. The van der Waals surface area contributed by atoms with Gasteiger partial charge in [0.2, 0.25) is 5.91 Å². The smallest absolute Gasteiger partial charge is 0.222 e. The summed E-state index contributed by atoms with van der Waals surface area (Å²) in [6, 6.07) is 6.51. The second kappa shape index (κ2) is 7.76. The standard InChI is InChI=1S/C26H27N5OS/c1-4-23(32)30-9-10-31-21(14-30)25(29-26(31)17-7-8-17)24-15(2)5-6-18-11-20(28-12-19(18)24)22-13-27-16(3)33-22/h5-6,11-13,17H,4,7-10,14H2,1-3H3.